The third-order valence-electron chi connectivity index (χ3n) is 1.54. The lowest BCUT2D eigenvalue weighted by Gasteiger charge is -2.06. The Bertz CT molecular complexity index is 320. The van der Waals surface area contributed by atoms with Crippen LogP contribution in [0.2, 0.25) is 0 Å². The van der Waals surface area contributed by atoms with E-state index in [0.29, 0.717) is 16.9 Å². The maximum atomic E-state index is 10.8. The number of carboxylic acids is 1. The molecule has 0 radical (unpaired) electrons. The number of halogens is 1. The van der Waals surface area contributed by atoms with Crippen LogP contribution in [0.1, 0.15) is 24.3 Å². The topological polar surface area (TPSA) is 55.1 Å². The van der Waals surface area contributed by atoms with Gasteiger partial charge in [0, 0.05) is 6.54 Å². The van der Waals surface area contributed by atoms with Crippen molar-refractivity contribution in [3.05, 3.63) is 16.4 Å². The first-order chi connectivity index (χ1) is 6.02. The van der Waals surface area contributed by atoms with Crippen molar-refractivity contribution in [3.8, 4) is 0 Å². The van der Waals surface area contributed by atoms with Crippen LogP contribution < -0.4 is 0 Å². The first-order valence-electron chi connectivity index (χ1n) is 3.97. The lowest BCUT2D eigenvalue weighted by molar-refractivity contribution is 0.0681. The monoisotopic (exact) mass is 246 g/mol. The van der Waals surface area contributed by atoms with E-state index in [1.807, 2.05) is 13.8 Å². The highest BCUT2D eigenvalue weighted by atomic mass is 79.9. The summed E-state index contributed by atoms with van der Waals surface area (Å²) in [6.07, 6.45) is 1.51. The van der Waals surface area contributed by atoms with Gasteiger partial charge in [-0.15, -0.1) is 0 Å². The van der Waals surface area contributed by atoms with Gasteiger partial charge >= 0.3 is 5.97 Å². The minimum absolute atomic E-state index is 0.216. The van der Waals surface area contributed by atoms with Crippen LogP contribution >= 0.6 is 15.9 Å². The SMILES string of the molecule is CC(C)Cn1ncc(Br)c1C(=O)O. The van der Waals surface area contributed by atoms with E-state index in [1.54, 1.807) is 0 Å². The molecule has 0 aliphatic heterocycles. The molecule has 0 saturated heterocycles. The molecule has 0 atom stereocenters. The number of carbonyl (C=O) groups is 1. The molecule has 1 rings (SSSR count). The van der Waals surface area contributed by atoms with Crippen molar-refractivity contribution in [1.29, 1.82) is 0 Å². The normalized spacial score (nSPS) is 10.8. The van der Waals surface area contributed by atoms with E-state index in [9.17, 15) is 4.79 Å². The van der Waals surface area contributed by atoms with E-state index in [-0.39, 0.29) is 5.69 Å². The van der Waals surface area contributed by atoms with Gasteiger partial charge in [-0.1, -0.05) is 13.8 Å². The molecule has 72 valence electrons. The first-order valence-corrected chi connectivity index (χ1v) is 4.76. The Morgan fingerprint density at radius 3 is 2.85 bits per heavy atom. The second-order valence-electron chi connectivity index (χ2n) is 3.22. The lowest BCUT2D eigenvalue weighted by atomic mass is 10.2. The zero-order chi connectivity index (χ0) is 10.0. The van der Waals surface area contributed by atoms with E-state index in [2.05, 4.69) is 21.0 Å². The molecule has 0 unspecified atom stereocenters. The van der Waals surface area contributed by atoms with Crippen LogP contribution in [0.3, 0.4) is 0 Å². The summed E-state index contributed by atoms with van der Waals surface area (Å²) in [4.78, 5) is 10.8. The number of rotatable bonds is 3. The van der Waals surface area contributed by atoms with E-state index < -0.39 is 5.97 Å². The van der Waals surface area contributed by atoms with Crippen molar-refractivity contribution in [2.75, 3.05) is 0 Å². The maximum absolute atomic E-state index is 10.8. The molecular formula is C8H11BrN2O2. The van der Waals surface area contributed by atoms with Gasteiger partial charge in [0.15, 0.2) is 5.69 Å². The minimum Gasteiger partial charge on any atom is -0.476 e. The number of carboxylic acid groups (broad SMARTS) is 1. The van der Waals surface area contributed by atoms with Crippen LogP contribution in [0.5, 0.6) is 0 Å². The van der Waals surface area contributed by atoms with Crippen molar-refractivity contribution in [2.24, 2.45) is 5.92 Å². The summed E-state index contributed by atoms with van der Waals surface area (Å²) in [5, 5.41) is 12.8. The van der Waals surface area contributed by atoms with Crippen LogP contribution in [-0.2, 0) is 6.54 Å². The van der Waals surface area contributed by atoms with Gasteiger partial charge in [0.25, 0.3) is 0 Å². The Labute approximate surface area is 84.7 Å². The largest absolute Gasteiger partial charge is 0.476 e. The zero-order valence-electron chi connectivity index (χ0n) is 7.49. The molecule has 0 saturated carbocycles. The fraction of sp³-hybridized carbons (Fsp3) is 0.500. The number of aromatic carboxylic acids is 1. The Morgan fingerprint density at radius 2 is 2.38 bits per heavy atom. The first kappa shape index (κ1) is 10.2. The van der Waals surface area contributed by atoms with Gasteiger partial charge in [-0.2, -0.15) is 5.10 Å². The van der Waals surface area contributed by atoms with Gasteiger partial charge in [0.1, 0.15) is 0 Å². The summed E-state index contributed by atoms with van der Waals surface area (Å²) in [7, 11) is 0. The summed E-state index contributed by atoms with van der Waals surface area (Å²) < 4.78 is 2.03. The van der Waals surface area contributed by atoms with Crippen LogP contribution in [0, 0.1) is 5.92 Å². The average molecular weight is 247 g/mol. The van der Waals surface area contributed by atoms with Crippen molar-refractivity contribution < 1.29 is 9.90 Å². The highest BCUT2D eigenvalue weighted by molar-refractivity contribution is 9.10. The average Bonchev–Trinajstić information content (AvgIpc) is 2.30. The van der Waals surface area contributed by atoms with Gasteiger partial charge in [0.05, 0.1) is 10.7 Å². The fourth-order valence-electron chi connectivity index (χ4n) is 1.06. The molecule has 1 heterocycles. The molecule has 0 bridgehead atoms. The smallest absolute Gasteiger partial charge is 0.355 e. The zero-order valence-corrected chi connectivity index (χ0v) is 9.08. The Hall–Kier alpha value is -0.840. The number of hydrogen-bond donors (Lipinski definition) is 1. The third kappa shape index (κ3) is 2.30. The Balaban J connectivity index is 3.00. The number of aromatic nitrogens is 2. The molecular weight excluding hydrogens is 236 g/mol. The maximum Gasteiger partial charge on any atom is 0.355 e. The summed E-state index contributed by atoms with van der Waals surface area (Å²) in [5.74, 6) is -0.574. The molecule has 0 amide bonds. The molecule has 0 aliphatic carbocycles. The predicted octanol–water partition coefficient (Wildman–Crippen LogP) is 2.00. The number of nitrogens with zero attached hydrogens (tertiary/aromatic N) is 2. The van der Waals surface area contributed by atoms with Crippen LogP contribution in [0.25, 0.3) is 0 Å². The molecule has 0 aromatic carbocycles. The summed E-state index contributed by atoms with van der Waals surface area (Å²) in [6.45, 7) is 4.65. The Kier molecular flexibility index (Phi) is 3.08. The van der Waals surface area contributed by atoms with Gasteiger partial charge in [-0.05, 0) is 21.8 Å². The van der Waals surface area contributed by atoms with Crippen molar-refractivity contribution in [1.82, 2.24) is 9.78 Å². The quantitative estimate of drug-likeness (QED) is 0.888. The molecule has 4 nitrogen and oxygen atoms in total. The molecule has 1 N–H and O–H groups in total. The summed E-state index contributed by atoms with van der Waals surface area (Å²) in [5.41, 5.74) is 0.216. The lowest BCUT2D eigenvalue weighted by Crippen LogP contribution is -2.13. The van der Waals surface area contributed by atoms with Crippen LogP contribution in [-0.4, -0.2) is 20.9 Å². The van der Waals surface area contributed by atoms with Crippen LogP contribution in [0.15, 0.2) is 10.7 Å². The molecule has 1 aromatic rings. The van der Waals surface area contributed by atoms with E-state index in [0.717, 1.165) is 0 Å². The van der Waals surface area contributed by atoms with Crippen molar-refractivity contribution in [3.63, 3.8) is 0 Å². The van der Waals surface area contributed by atoms with E-state index in [1.165, 1.54) is 10.9 Å². The highest BCUT2D eigenvalue weighted by Crippen LogP contribution is 2.16. The molecule has 0 fully saturated rings. The standard InChI is InChI=1S/C8H11BrN2O2/c1-5(2)4-11-7(8(12)13)6(9)3-10-11/h3,5H,4H2,1-2H3,(H,12,13). The van der Waals surface area contributed by atoms with Gasteiger partial charge in [-0.25, -0.2) is 4.79 Å². The minimum atomic E-state index is -0.954. The number of hydrogen-bond acceptors (Lipinski definition) is 2. The predicted molar refractivity (Wildman–Crippen MR) is 51.7 cm³/mol. The van der Waals surface area contributed by atoms with Gasteiger partial charge in [0.2, 0.25) is 0 Å². The third-order valence-corrected chi connectivity index (χ3v) is 2.12. The molecule has 13 heavy (non-hydrogen) atoms. The molecule has 0 spiro atoms. The second kappa shape index (κ2) is 3.91. The van der Waals surface area contributed by atoms with Gasteiger partial charge < -0.3 is 5.11 Å². The fourth-order valence-corrected chi connectivity index (χ4v) is 1.53. The highest BCUT2D eigenvalue weighted by Gasteiger charge is 2.16. The molecule has 0 aliphatic rings. The van der Waals surface area contributed by atoms with E-state index in [4.69, 9.17) is 5.11 Å². The summed E-state index contributed by atoms with van der Waals surface area (Å²) in [6, 6.07) is 0. The van der Waals surface area contributed by atoms with E-state index >= 15 is 0 Å². The summed E-state index contributed by atoms with van der Waals surface area (Å²) >= 11 is 3.14. The Morgan fingerprint density at radius 1 is 1.77 bits per heavy atom. The molecule has 5 heteroatoms. The second-order valence-corrected chi connectivity index (χ2v) is 4.08. The molecule has 1 aromatic heterocycles. The van der Waals surface area contributed by atoms with Gasteiger partial charge in [-0.3, -0.25) is 4.68 Å². The van der Waals surface area contributed by atoms with Crippen molar-refractivity contribution in [2.45, 2.75) is 20.4 Å². The van der Waals surface area contributed by atoms with Crippen molar-refractivity contribution >= 4 is 21.9 Å². The van der Waals surface area contributed by atoms with Crippen LogP contribution in [0.4, 0.5) is 0 Å².